The number of para-hydroxylation sites is 1. The van der Waals surface area contributed by atoms with Crippen molar-refractivity contribution < 1.29 is 0 Å². The molecule has 0 radical (unpaired) electrons. The minimum absolute atomic E-state index is 0.722. The van der Waals surface area contributed by atoms with Gasteiger partial charge in [-0.05, 0) is 18.6 Å². The van der Waals surface area contributed by atoms with Crippen molar-refractivity contribution in [2.75, 3.05) is 11.2 Å². The maximum atomic E-state index is 5.72. The molecule has 1 rings (SSSR count). The molecule has 0 aliphatic carbocycles. The van der Waals surface area contributed by atoms with Gasteiger partial charge in [0.2, 0.25) is 0 Å². The number of rotatable bonds is 2. The number of benzene rings is 1. The zero-order valence-corrected chi connectivity index (χ0v) is 6.46. The summed E-state index contributed by atoms with van der Waals surface area (Å²) < 4.78 is 0. The van der Waals surface area contributed by atoms with E-state index in [1.165, 1.54) is 0 Å². The van der Waals surface area contributed by atoms with Crippen molar-refractivity contribution in [3.63, 3.8) is 0 Å². The number of hydrogen-bond donors (Lipinski definition) is 2. The standard InChI is InChI=1S/C8H11N3/c1-6-4-3-5-7(8(6)9)11-10-2/h3-5,11H,2,9H2,1H3. The van der Waals surface area contributed by atoms with E-state index in [4.69, 9.17) is 5.73 Å². The molecule has 0 aromatic heterocycles. The van der Waals surface area contributed by atoms with Crippen molar-refractivity contribution in [3.05, 3.63) is 23.8 Å². The van der Waals surface area contributed by atoms with E-state index in [-0.39, 0.29) is 0 Å². The Kier molecular flexibility index (Phi) is 2.11. The molecule has 0 unspecified atom stereocenters. The Morgan fingerprint density at radius 3 is 2.91 bits per heavy atom. The SMILES string of the molecule is C=NNc1cccc(C)c1N. The first-order chi connectivity index (χ1) is 5.25. The average molecular weight is 149 g/mol. The fourth-order valence-corrected chi connectivity index (χ4v) is 0.863. The van der Waals surface area contributed by atoms with Crippen molar-refractivity contribution in [2.24, 2.45) is 5.10 Å². The number of hydrogen-bond acceptors (Lipinski definition) is 3. The fraction of sp³-hybridized carbons (Fsp3) is 0.125. The predicted octanol–water partition coefficient (Wildman–Crippen LogP) is 1.60. The summed E-state index contributed by atoms with van der Waals surface area (Å²) in [5, 5.41) is 3.53. The Morgan fingerprint density at radius 1 is 1.55 bits per heavy atom. The zero-order valence-electron chi connectivity index (χ0n) is 6.46. The molecule has 1 aromatic rings. The molecule has 0 spiro atoms. The van der Waals surface area contributed by atoms with Crippen LogP contribution in [0.15, 0.2) is 23.3 Å². The lowest BCUT2D eigenvalue weighted by Crippen LogP contribution is -1.96. The number of nitrogens with zero attached hydrogens (tertiary/aromatic N) is 1. The van der Waals surface area contributed by atoms with Gasteiger partial charge in [0.25, 0.3) is 0 Å². The monoisotopic (exact) mass is 149 g/mol. The van der Waals surface area contributed by atoms with Crippen LogP contribution >= 0.6 is 0 Å². The van der Waals surface area contributed by atoms with E-state index in [2.05, 4.69) is 17.2 Å². The van der Waals surface area contributed by atoms with E-state index >= 15 is 0 Å². The second-order valence-electron chi connectivity index (χ2n) is 2.31. The van der Waals surface area contributed by atoms with Gasteiger partial charge in [-0.3, -0.25) is 5.43 Å². The van der Waals surface area contributed by atoms with Crippen molar-refractivity contribution in [1.29, 1.82) is 0 Å². The van der Waals surface area contributed by atoms with Gasteiger partial charge in [-0.25, -0.2) is 0 Å². The first kappa shape index (κ1) is 7.60. The summed E-state index contributed by atoms with van der Waals surface area (Å²) in [7, 11) is 0. The van der Waals surface area contributed by atoms with Crippen molar-refractivity contribution in [1.82, 2.24) is 0 Å². The van der Waals surface area contributed by atoms with E-state index in [0.717, 1.165) is 16.9 Å². The quantitative estimate of drug-likeness (QED) is 0.381. The van der Waals surface area contributed by atoms with Crippen LogP contribution < -0.4 is 11.2 Å². The molecule has 0 fully saturated rings. The minimum Gasteiger partial charge on any atom is -0.397 e. The van der Waals surface area contributed by atoms with Gasteiger partial charge in [0.05, 0.1) is 11.4 Å². The first-order valence-electron chi connectivity index (χ1n) is 3.32. The normalized spacial score (nSPS) is 9.18. The molecule has 0 amide bonds. The zero-order chi connectivity index (χ0) is 8.27. The van der Waals surface area contributed by atoms with Crippen molar-refractivity contribution in [3.8, 4) is 0 Å². The lowest BCUT2D eigenvalue weighted by Gasteiger charge is -2.05. The highest BCUT2D eigenvalue weighted by Gasteiger charge is 1.97. The van der Waals surface area contributed by atoms with Gasteiger partial charge in [0.1, 0.15) is 0 Å². The van der Waals surface area contributed by atoms with Crippen LogP contribution in [0.4, 0.5) is 11.4 Å². The van der Waals surface area contributed by atoms with Crippen LogP contribution in [-0.2, 0) is 0 Å². The summed E-state index contributed by atoms with van der Waals surface area (Å²) in [6, 6.07) is 5.72. The Balaban J connectivity index is 3.05. The number of nitrogen functional groups attached to an aromatic ring is 1. The second kappa shape index (κ2) is 3.05. The molecule has 0 aliphatic rings. The summed E-state index contributed by atoms with van der Waals surface area (Å²) >= 11 is 0. The molecule has 0 atom stereocenters. The molecular formula is C8H11N3. The molecule has 0 saturated heterocycles. The fourth-order valence-electron chi connectivity index (χ4n) is 0.863. The van der Waals surface area contributed by atoms with E-state index in [9.17, 15) is 0 Å². The van der Waals surface area contributed by atoms with Gasteiger partial charge in [-0.1, -0.05) is 12.1 Å². The van der Waals surface area contributed by atoms with E-state index in [1.54, 1.807) is 0 Å². The number of hydrazone groups is 1. The maximum absolute atomic E-state index is 5.72. The summed E-state index contributed by atoms with van der Waals surface area (Å²) in [5.74, 6) is 0. The van der Waals surface area contributed by atoms with Gasteiger partial charge in [-0.2, -0.15) is 5.10 Å². The number of anilines is 2. The molecule has 0 heterocycles. The molecule has 3 nitrogen and oxygen atoms in total. The molecule has 3 heteroatoms. The highest BCUT2D eigenvalue weighted by Crippen LogP contribution is 2.21. The lowest BCUT2D eigenvalue weighted by atomic mass is 10.2. The largest absolute Gasteiger partial charge is 0.397 e. The van der Waals surface area contributed by atoms with Crippen molar-refractivity contribution >= 4 is 18.1 Å². The molecular weight excluding hydrogens is 138 g/mol. The smallest absolute Gasteiger partial charge is 0.0793 e. The molecule has 3 N–H and O–H groups in total. The molecule has 11 heavy (non-hydrogen) atoms. The third-order valence-electron chi connectivity index (χ3n) is 1.52. The Morgan fingerprint density at radius 2 is 2.27 bits per heavy atom. The van der Waals surface area contributed by atoms with Crippen LogP contribution in [0.2, 0.25) is 0 Å². The van der Waals surface area contributed by atoms with Crippen LogP contribution in [0, 0.1) is 6.92 Å². The van der Waals surface area contributed by atoms with Crippen LogP contribution in [0.5, 0.6) is 0 Å². The maximum Gasteiger partial charge on any atom is 0.0793 e. The van der Waals surface area contributed by atoms with Crippen LogP contribution in [-0.4, -0.2) is 6.72 Å². The van der Waals surface area contributed by atoms with Gasteiger partial charge in [0.15, 0.2) is 0 Å². The summed E-state index contributed by atoms with van der Waals surface area (Å²) in [6.45, 7) is 5.26. The Bertz CT molecular complexity index is 268. The van der Waals surface area contributed by atoms with Crippen LogP contribution in [0.3, 0.4) is 0 Å². The minimum atomic E-state index is 0.722. The predicted molar refractivity (Wildman–Crippen MR) is 48.8 cm³/mol. The summed E-state index contributed by atoms with van der Waals surface area (Å²) in [6.07, 6.45) is 0. The molecule has 58 valence electrons. The highest BCUT2D eigenvalue weighted by molar-refractivity contribution is 5.69. The number of nitrogens with one attached hydrogen (secondary N) is 1. The third kappa shape index (κ3) is 1.49. The Labute approximate surface area is 65.9 Å². The summed E-state index contributed by atoms with van der Waals surface area (Å²) in [4.78, 5) is 0. The van der Waals surface area contributed by atoms with Crippen molar-refractivity contribution in [2.45, 2.75) is 6.92 Å². The van der Waals surface area contributed by atoms with E-state index in [1.807, 2.05) is 25.1 Å². The van der Waals surface area contributed by atoms with Gasteiger partial charge >= 0.3 is 0 Å². The third-order valence-corrected chi connectivity index (χ3v) is 1.52. The topological polar surface area (TPSA) is 50.4 Å². The number of nitrogens with two attached hydrogens (primary N) is 1. The highest BCUT2D eigenvalue weighted by atomic mass is 15.3. The molecule has 1 aromatic carbocycles. The van der Waals surface area contributed by atoms with E-state index in [0.29, 0.717) is 0 Å². The number of aryl methyl sites for hydroxylation is 1. The molecule has 0 aliphatic heterocycles. The Hall–Kier alpha value is -1.51. The summed E-state index contributed by atoms with van der Waals surface area (Å²) in [5.41, 5.74) is 11.0. The molecule has 0 saturated carbocycles. The second-order valence-corrected chi connectivity index (χ2v) is 2.31. The van der Waals surface area contributed by atoms with Gasteiger partial charge in [0, 0.05) is 6.72 Å². The van der Waals surface area contributed by atoms with Gasteiger partial charge in [-0.15, -0.1) is 0 Å². The van der Waals surface area contributed by atoms with Crippen LogP contribution in [0.1, 0.15) is 5.56 Å². The van der Waals surface area contributed by atoms with E-state index < -0.39 is 0 Å². The lowest BCUT2D eigenvalue weighted by molar-refractivity contribution is 1.35. The molecule has 0 bridgehead atoms. The van der Waals surface area contributed by atoms with Gasteiger partial charge < -0.3 is 5.73 Å². The first-order valence-corrected chi connectivity index (χ1v) is 3.32. The van der Waals surface area contributed by atoms with Crippen LogP contribution in [0.25, 0.3) is 0 Å². The average Bonchev–Trinajstić information content (AvgIpc) is 1.99.